The lowest BCUT2D eigenvalue weighted by molar-refractivity contribution is -0.252. The third-order valence-electron chi connectivity index (χ3n) is 5.03. The normalized spacial score (nSPS) is 23.8. The summed E-state index contributed by atoms with van der Waals surface area (Å²) in [5, 5.41) is 13.9. The molecule has 1 unspecified atom stereocenters. The fourth-order valence-corrected chi connectivity index (χ4v) is 3.42. The van der Waals surface area contributed by atoms with Gasteiger partial charge in [0, 0.05) is 16.7 Å². The van der Waals surface area contributed by atoms with Crippen molar-refractivity contribution < 1.29 is 10.0 Å². The molecule has 1 aliphatic rings. The molecule has 2 aromatic rings. The van der Waals surface area contributed by atoms with Crippen molar-refractivity contribution in [1.29, 1.82) is 0 Å². The van der Waals surface area contributed by atoms with E-state index in [4.69, 9.17) is 0 Å². The van der Waals surface area contributed by atoms with Gasteiger partial charge in [-0.3, -0.25) is 4.79 Å². The van der Waals surface area contributed by atoms with Gasteiger partial charge >= 0.3 is 0 Å². The SMILES string of the molecule is CC1(C)CCC(C)(c2ccc(C(=O)c3ccccc3)cc2)N1[O]. The highest BCUT2D eigenvalue weighted by Crippen LogP contribution is 2.45. The van der Waals surface area contributed by atoms with Gasteiger partial charge in [-0.25, -0.2) is 0 Å². The van der Waals surface area contributed by atoms with Gasteiger partial charge in [0.05, 0.1) is 5.54 Å². The zero-order valence-electron chi connectivity index (χ0n) is 13.9. The first-order valence-corrected chi connectivity index (χ1v) is 8.02. The van der Waals surface area contributed by atoms with Gasteiger partial charge in [-0.15, -0.1) is 10.3 Å². The molecular formula is C20H22NO2. The maximum Gasteiger partial charge on any atom is 0.193 e. The quantitative estimate of drug-likeness (QED) is 0.791. The molecule has 3 nitrogen and oxygen atoms in total. The number of hydroxylamine groups is 2. The molecule has 0 aliphatic carbocycles. The summed E-state index contributed by atoms with van der Waals surface area (Å²) in [5.74, 6) is 0.00744. The van der Waals surface area contributed by atoms with Gasteiger partial charge in [-0.05, 0) is 39.2 Å². The lowest BCUT2D eigenvalue weighted by Gasteiger charge is -2.35. The van der Waals surface area contributed by atoms with Gasteiger partial charge in [0.15, 0.2) is 5.78 Å². The molecule has 119 valence electrons. The van der Waals surface area contributed by atoms with E-state index in [1.54, 1.807) is 0 Å². The summed E-state index contributed by atoms with van der Waals surface area (Å²) in [5.41, 5.74) is 1.45. The van der Waals surface area contributed by atoms with E-state index < -0.39 is 5.54 Å². The molecule has 1 radical (unpaired) electrons. The summed E-state index contributed by atoms with van der Waals surface area (Å²) in [6.45, 7) is 5.96. The van der Waals surface area contributed by atoms with Gasteiger partial charge < -0.3 is 0 Å². The molecule has 0 aromatic heterocycles. The van der Waals surface area contributed by atoms with E-state index in [0.717, 1.165) is 18.4 Å². The van der Waals surface area contributed by atoms with Crippen molar-refractivity contribution in [3.8, 4) is 0 Å². The molecule has 3 rings (SSSR count). The molecule has 1 aliphatic heterocycles. The summed E-state index contributed by atoms with van der Waals surface area (Å²) in [6.07, 6.45) is 1.70. The Bertz CT molecular complexity index is 706. The van der Waals surface area contributed by atoms with Crippen LogP contribution in [0.25, 0.3) is 0 Å². The molecule has 23 heavy (non-hydrogen) atoms. The number of rotatable bonds is 3. The molecule has 1 fully saturated rings. The summed E-state index contributed by atoms with van der Waals surface area (Å²) < 4.78 is 0. The van der Waals surface area contributed by atoms with E-state index in [1.165, 1.54) is 5.06 Å². The van der Waals surface area contributed by atoms with Crippen molar-refractivity contribution in [2.24, 2.45) is 0 Å². The number of nitrogens with zero attached hydrogens (tertiary/aromatic N) is 1. The van der Waals surface area contributed by atoms with Crippen molar-refractivity contribution in [3.05, 3.63) is 71.3 Å². The number of ketones is 1. The first kappa shape index (κ1) is 15.9. The van der Waals surface area contributed by atoms with Crippen LogP contribution >= 0.6 is 0 Å². The Labute approximate surface area is 137 Å². The van der Waals surface area contributed by atoms with Crippen LogP contribution in [0.5, 0.6) is 0 Å². The Morgan fingerprint density at radius 3 is 1.96 bits per heavy atom. The second-order valence-electron chi connectivity index (χ2n) is 7.15. The number of carbonyl (C=O) groups excluding carboxylic acids is 1. The molecule has 1 saturated heterocycles. The van der Waals surface area contributed by atoms with E-state index in [9.17, 15) is 10.0 Å². The van der Waals surface area contributed by atoms with Crippen LogP contribution in [0.15, 0.2) is 54.6 Å². The van der Waals surface area contributed by atoms with Crippen LogP contribution in [0.2, 0.25) is 0 Å². The average Bonchev–Trinajstić information content (AvgIpc) is 2.80. The molecule has 3 heteroatoms. The smallest absolute Gasteiger partial charge is 0.193 e. The Kier molecular flexibility index (Phi) is 3.86. The zero-order chi connectivity index (χ0) is 16.7. The van der Waals surface area contributed by atoms with Gasteiger partial charge in [0.25, 0.3) is 0 Å². The van der Waals surface area contributed by atoms with Crippen LogP contribution in [0.1, 0.15) is 55.1 Å². The van der Waals surface area contributed by atoms with Gasteiger partial charge in [0.2, 0.25) is 0 Å². The van der Waals surface area contributed by atoms with Crippen LogP contribution in [-0.2, 0) is 10.7 Å². The topological polar surface area (TPSA) is 40.2 Å². The van der Waals surface area contributed by atoms with Gasteiger partial charge in [-0.1, -0.05) is 54.6 Å². The predicted molar refractivity (Wildman–Crippen MR) is 89.5 cm³/mol. The molecule has 0 amide bonds. The molecule has 1 atom stereocenters. The maximum atomic E-state index is 12.6. The fourth-order valence-electron chi connectivity index (χ4n) is 3.42. The van der Waals surface area contributed by atoms with Crippen LogP contribution < -0.4 is 0 Å². The minimum absolute atomic E-state index is 0.00744. The van der Waals surface area contributed by atoms with Crippen molar-refractivity contribution >= 4 is 5.78 Å². The van der Waals surface area contributed by atoms with Crippen molar-refractivity contribution in [2.75, 3.05) is 0 Å². The third kappa shape index (κ3) is 2.71. The molecule has 2 aromatic carbocycles. The second-order valence-corrected chi connectivity index (χ2v) is 7.15. The minimum Gasteiger partial charge on any atom is -0.289 e. The number of benzene rings is 2. The zero-order valence-corrected chi connectivity index (χ0v) is 13.9. The Balaban J connectivity index is 1.87. The first-order chi connectivity index (χ1) is 10.8. The molecular weight excluding hydrogens is 286 g/mol. The van der Waals surface area contributed by atoms with Crippen LogP contribution in [0.4, 0.5) is 0 Å². The predicted octanol–water partition coefficient (Wildman–Crippen LogP) is 4.35. The molecule has 0 spiro atoms. The van der Waals surface area contributed by atoms with Crippen LogP contribution in [0, 0.1) is 0 Å². The lowest BCUT2D eigenvalue weighted by Crippen LogP contribution is -2.44. The highest BCUT2D eigenvalue weighted by atomic mass is 16.5. The summed E-state index contributed by atoms with van der Waals surface area (Å²) in [4.78, 5) is 12.5. The lowest BCUT2D eigenvalue weighted by atomic mass is 9.89. The Morgan fingerprint density at radius 2 is 1.43 bits per heavy atom. The van der Waals surface area contributed by atoms with E-state index >= 15 is 0 Å². The number of hydrogen-bond acceptors (Lipinski definition) is 2. The second kappa shape index (κ2) is 5.59. The van der Waals surface area contributed by atoms with E-state index in [-0.39, 0.29) is 11.3 Å². The average molecular weight is 308 g/mol. The third-order valence-corrected chi connectivity index (χ3v) is 5.03. The van der Waals surface area contributed by atoms with E-state index in [0.29, 0.717) is 11.1 Å². The van der Waals surface area contributed by atoms with Gasteiger partial charge in [-0.2, -0.15) is 0 Å². The number of carbonyl (C=O) groups is 1. The minimum atomic E-state index is -0.516. The molecule has 0 bridgehead atoms. The van der Waals surface area contributed by atoms with E-state index in [1.807, 2.05) is 75.4 Å². The van der Waals surface area contributed by atoms with Crippen LogP contribution in [-0.4, -0.2) is 16.4 Å². The molecule has 0 saturated carbocycles. The van der Waals surface area contributed by atoms with Gasteiger partial charge in [0.1, 0.15) is 0 Å². The van der Waals surface area contributed by atoms with Crippen LogP contribution in [0.3, 0.4) is 0 Å². The summed E-state index contributed by atoms with van der Waals surface area (Å²) >= 11 is 0. The maximum absolute atomic E-state index is 12.6. The standard InChI is InChI=1S/C20H22NO2/c1-19(2)13-14-20(3,21(19)23)17-11-9-16(10-12-17)18(22)15-7-5-4-6-8-15/h4-12H,13-14H2,1-3H3. The molecule has 1 heterocycles. The first-order valence-electron chi connectivity index (χ1n) is 8.02. The highest BCUT2D eigenvalue weighted by molar-refractivity contribution is 6.08. The monoisotopic (exact) mass is 308 g/mol. The largest absolute Gasteiger partial charge is 0.289 e. The summed E-state index contributed by atoms with van der Waals surface area (Å²) in [7, 11) is 0. The van der Waals surface area contributed by atoms with Crippen molar-refractivity contribution in [1.82, 2.24) is 5.06 Å². The Morgan fingerprint density at radius 1 is 0.870 bits per heavy atom. The van der Waals surface area contributed by atoms with E-state index in [2.05, 4.69) is 0 Å². The Hall–Kier alpha value is -1.97. The van der Waals surface area contributed by atoms with Crippen molar-refractivity contribution in [2.45, 2.75) is 44.7 Å². The highest BCUT2D eigenvalue weighted by Gasteiger charge is 2.49. The summed E-state index contributed by atoms with van der Waals surface area (Å²) in [6, 6.07) is 16.7. The number of hydrogen-bond donors (Lipinski definition) is 0. The van der Waals surface area contributed by atoms with Crippen molar-refractivity contribution in [3.63, 3.8) is 0 Å². The molecule has 0 N–H and O–H groups in total. The fraction of sp³-hybridized carbons (Fsp3) is 0.350.